The molecule has 1 aliphatic heterocycles. The molecule has 6 heteroatoms. The lowest BCUT2D eigenvalue weighted by Gasteiger charge is -2.20. The van der Waals surface area contributed by atoms with Crippen LogP contribution >= 0.6 is 0 Å². The highest BCUT2D eigenvalue weighted by Crippen LogP contribution is 2.32. The molecule has 0 aliphatic carbocycles. The predicted octanol–water partition coefficient (Wildman–Crippen LogP) is 1.96. The summed E-state index contributed by atoms with van der Waals surface area (Å²) in [6, 6.07) is 0. The Morgan fingerprint density at radius 3 is 2.62 bits per heavy atom. The third-order valence-corrected chi connectivity index (χ3v) is 4.17. The van der Waals surface area contributed by atoms with Crippen LogP contribution in [0.2, 0.25) is 0 Å². The molecule has 0 saturated carbocycles. The number of carbonyl (C=O) groups excluding carboxylic acids is 1. The van der Waals surface area contributed by atoms with Crippen LogP contribution in [0.25, 0.3) is 0 Å². The van der Waals surface area contributed by atoms with Gasteiger partial charge in [-0.05, 0) is 26.2 Å². The molecule has 0 spiro atoms. The third kappa shape index (κ3) is 2.80. The van der Waals surface area contributed by atoms with Crippen molar-refractivity contribution in [2.45, 2.75) is 46.6 Å². The van der Waals surface area contributed by atoms with E-state index in [1.54, 1.807) is 22.7 Å². The van der Waals surface area contributed by atoms with Crippen molar-refractivity contribution in [3.63, 3.8) is 0 Å². The standard InChI is InChI=1S/C15H23N3O3/c1-5-18-8-11(12(16-18)10(2)3)13(19)17-7-6-15(4,9-17)14(20)21/h8,10H,5-7,9H2,1-4H3,(H,20,21)/t15-/m1/s1. The average molecular weight is 293 g/mol. The highest BCUT2D eigenvalue weighted by atomic mass is 16.4. The van der Waals surface area contributed by atoms with E-state index in [0.717, 1.165) is 5.69 Å². The number of amides is 1. The van der Waals surface area contributed by atoms with Crippen molar-refractivity contribution in [2.75, 3.05) is 13.1 Å². The van der Waals surface area contributed by atoms with E-state index in [4.69, 9.17) is 0 Å². The lowest BCUT2D eigenvalue weighted by Crippen LogP contribution is -2.35. The van der Waals surface area contributed by atoms with Gasteiger partial charge in [0.2, 0.25) is 0 Å². The molecule has 2 heterocycles. The Labute approximate surface area is 124 Å². The number of rotatable bonds is 4. The van der Waals surface area contributed by atoms with E-state index in [0.29, 0.717) is 25.1 Å². The molecule has 21 heavy (non-hydrogen) atoms. The second kappa shape index (κ2) is 5.50. The molecule has 0 aromatic carbocycles. The van der Waals surface area contributed by atoms with E-state index in [-0.39, 0.29) is 18.4 Å². The fourth-order valence-electron chi connectivity index (χ4n) is 2.67. The van der Waals surface area contributed by atoms with Crippen molar-refractivity contribution in [3.8, 4) is 0 Å². The normalized spacial score (nSPS) is 22.0. The van der Waals surface area contributed by atoms with Gasteiger partial charge in [0.15, 0.2) is 0 Å². The second-order valence-corrected chi connectivity index (χ2v) is 6.28. The van der Waals surface area contributed by atoms with Crippen molar-refractivity contribution in [2.24, 2.45) is 5.41 Å². The summed E-state index contributed by atoms with van der Waals surface area (Å²) in [5.41, 5.74) is 0.543. The molecule has 1 fully saturated rings. The van der Waals surface area contributed by atoms with Gasteiger partial charge < -0.3 is 10.0 Å². The molecule has 1 aromatic rings. The van der Waals surface area contributed by atoms with Crippen LogP contribution in [0, 0.1) is 5.41 Å². The SMILES string of the molecule is CCn1cc(C(=O)N2CC[C@@](C)(C(=O)O)C2)c(C(C)C)n1. The zero-order valence-electron chi connectivity index (χ0n) is 13.1. The Kier molecular flexibility index (Phi) is 4.07. The molecule has 2 rings (SSSR count). The lowest BCUT2D eigenvalue weighted by molar-refractivity contribution is -0.147. The third-order valence-electron chi connectivity index (χ3n) is 4.17. The summed E-state index contributed by atoms with van der Waals surface area (Å²) in [7, 11) is 0. The molecule has 116 valence electrons. The van der Waals surface area contributed by atoms with Crippen LogP contribution in [0.5, 0.6) is 0 Å². The first-order valence-corrected chi connectivity index (χ1v) is 7.38. The number of aryl methyl sites for hydroxylation is 1. The maximum Gasteiger partial charge on any atom is 0.311 e. The van der Waals surface area contributed by atoms with Crippen molar-refractivity contribution in [1.29, 1.82) is 0 Å². The van der Waals surface area contributed by atoms with Gasteiger partial charge in [-0.2, -0.15) is 5.10 Å². The topological polar surface area (TPSA) is 75.4 Å². The number of hydrogen-bond acceptors (Lipinski definition) is 3. The second-order valence-electron chi connectivity index (χ2n) is 6.28. The minimum atomic E-state index is -0.842. The number of aromatic nitrogens is 2. The molecule has 1 atom stereocenters. The van der Waals surface area contributed by atoms with E-state index < -0.39 is 11.4 Å². The fraction of sp³-hybridized carbons (Fsp3) is 0.667. The van der Waals surface area contributed by atoms with Crippen LogP contribution < -0.4 is 0 Å². The number of carbonyl (C=O) groups is 2. The van der Waals surface area contributed by atoms with Gasteiger partial charge in [0.1, 0.15) is 0 Å². The summed E-state index contributed by atoms with van der Waals surface area (Å²) in [6.07, 6.45) is 2.26. The van der Waals surface area contributed by atoms with Crippen LogP contribution in [0.3, 0.4) is 0 Å². The molecule has 1 aliphatic rings. The molecule has 0 bridgehead atoms. The Hall–Kier alpha value is -1.85. The van der Waals surface area contributed by atoms with Gasteiger partial charge in [-0.25, -0.2) is 0 Å². The van der Waals surface area contributed by atoms with E-state index in [9.17, 15) is 14.7 Å². The fourth-order valence-corrected chi connectivity index (χ4v) is 2.67. The van der Waals surface area contributed by atoms with Crippen molar-refractivity contribution < 1.29 is 14.7 Å². The minimum absolute atomic E-state index is 0.108. The molecule has 1 N–H and O–H groups in total. The van der Waals surface area contributed by atoms with Gasteiger partial charge in [-0.3, -0.25) is 14.3 Å². The molecule has 1 aromatic heterocycles. The van der Waals surface area contributed by atoms with Crippen molar-refractivity contribution in [1.82, 2.24) is 14.7 Å². The van der Waals surface area contributed by atoms with E-state index in [2.05, 4.69) is 5.10 Å². The summed E-state index contributed by atoms with van der Waals surface area (Å²) < 4.78 is 1.76. The van der Waals surface area contributed by atoms with Gasteiger partial charge in [0.05, 0.1) is 16.7 Å². The molecule has 1 amide bonds. The van der Waals surface area contributed by atoms with Crippen LogP contribution in [-0.4, -0.2) is 44.8 Å². The summed E-state index contributed by atoms with van der Waals surface area (Å²) in [5.74, 6) is -0.792. The summed E-state index contributed by atoms with van der Waals surface area (Å²) in [6.45, 7) is 9.13. The number of aliphatic carboxylic acids is 1. The van der Waals surface area contributed by atoms with Crippen molar-refractivity contribution >= 4 is 11.9 Å². The van der Waals surface area contributed by atoms with Crippen LogP contribution in [0.15, 0.2) is 6.20 Å². The van der Waals surface area contributed by atoms with Crippen LogP contribution in [0.4, 0.5) is 0 Å². The Morgan fingerprint density at radius 2 is 2.14 bits per heavy atom. The smallest absolute Gasteiger partial charge is 0.311 e. The Morgan fingerprint density at radius 1 is 1.48 bits per heavy atom. The van der Waals surface area contributed by atoms with Crippen LogP contribution in [0.1, 0.15) is 56.1 Å². The summed E-state index contributed by atoms with van der Waals surface area (Å²) in [5, 5.41) is 13.7. The van der Waals surface area contributed by atoms with Gasteiger partial charge in [-0.15, -0.1) is 0 Å². The quantitative estimate of drug-likeness (QED) is 0.920. The molecule has 0 radical (unpaired) electrons. The zero-order chi connectivity index (χ0) is 15.8. The monoisotopic (exact) mass is 293 g/mol. The Bertz CT molecular complexity index is 565. The van der Waals surface area contributed by atoms with E-state index in [1.807, 2.05) is 20.8 Å². The summed E-state index contributed by atoms with van der Waals surface area (Å²) in [4.78, 5) is 25.6. The molecular formula is C15H23N3O3. The maximum absolute atomic E-state index is 12.7. The molecular weight excluding hydrogens is 270 g/mol. The predicted molar refractivity (Wildman–Crippen MR) is 78.3 cm³/mol. The average Bonchev–Trinajstić information content (AvgIpc) is 3.02. The van der Waals surface area contributed by atoms with Crippen molar-refractivity contribution in [3.05, 3.63) is 17.5 Å². The number of carboxylic acid groups (broad SMARTS) is 1. The van der Waals surface area contributed by atoms with Gasteiger partial charge in [0, 0.05) is 25.8 Å². The first kappa shape index (κ1) is 15.5. The first-order valence-electron chi connectivity index (χ1n) is 7.38. The lowest BCUT2D eigenvalue weighted by atomic mass is 9.90. The maximum atomic E-state index is 12.7. The number of hydrogen-bond donors (Lipinski definition) is 1. The largest absolute Gasteiger partial charge is 0.481 e. The number of carboxylic acids is 1. The highest BCUT2D eigenvalue weighted by Gasteiger charge is 2.42. The van der Waals surface area contributed by atoms with E-state index >= 15 is 0 Å². The van der Waals surface area contributed by atoms with Gasteiger partial charge >= 0.3 is 5.97 Å². The zero-order valence-corrected chi connectivity index (χ0v) is 13.1. The van der Waals surface area contributed by atoms with Crippen LogP contribution in [-0.2, 0) is 11.3 Å². The first-order chi connectivity index (χ1) is 9.78. The number of likely N-dealkylation sites (tertiary alicyclic amines) is 1. The molecule has 0 unspecified atom stereocenters. The Balaban J connectivity index is 2.25. The van der Waals surface area contributed by atoms with Gasteiger partial charge in [0.25, 0.3) is 5.91 Å². The minimum Gasteiger partial charge on any atom is -0.481 e. The number of nitrogens with zero attached hydrogens (tertiary/aromatic N) is 3. The van der Waals surface area contributed by atoms with Gasteiger partial charge in [-0.1, -0.05) is 13.8 Å². The highest BCUT2D eigenvalue weighted by molar-refractivity contribution is 5.96. The molecule has 6 nitrogen and oxygen atoms in total. The van der Waals surface area contributed by atoms with E-state index in [1.165, 1.54) is 0 Å². The molecule has 1 saturated heterocycles. The summed E-state index contributed by atoms with van der Waals surface area (Å²) >= 11 is 0.